The molecule has 1 saturated heterocycles. The van der Waals surface area contributed by atoms with Gasteiger partial charge in [0.15, 0.2) is 6.29 Å². The van der Waals surface area contributed by atoms with Crippen LogP contribution in [0.25, 0.3) is 0 Å². The predicted octanol–water partition coefficient (Wildman–Crippen LogP) is 1.96. The molecule has 0 aliphatic carbocycles. The zero-order valence-electron chi connectivity index (χ0n) is 11.0. The first-order valence-electron chi connectivity index (χ1n) is 6.14. The van der Waals surface area contributed by atoms with Gasteiger partial charge in [0, 0.05) is 0 Å². The molecule has 5 heteroatoms. The number of nitrogens with zero attached hydrogens (tertiary/aromatic N) is 1. The number of aldehydes is 1. The van der Waals surface area contributed by atoms with Gasteiger partial charge in [-0.25, -0.2) is 4.79 Å². The molecule has 1 aromatic rings. The van der Waals surface area contributed by atoms with Gasteiger partial charge in [0.05, 0.1) is 6.54 Å². The Labute approximate surface area is 112 Å². The molecular weight excluding hydrogens is 246 g/mol. The summed E-state index contributed by atoms with van der Waals surface area (Å²) in [6.45, 7) is 3.91. The smallest absolute Gasteiger partial charge is 0.412 e. The van der Waals surface area contributed by atoms with Crippen LogP contribution in [0, 0.1) is 0 Å². The van der Waals surface area contributed by atoms with Crippen molar-refractivity contribution in [3.8, 4) is 0 Å². The Hall–Kier alpha value is -1.88. The molecule has 1 aromatic carbocycles. The highest BCUT2D eigenvalue weighted by Crippen LogP contribution is 2.26. The molecule has 102 valence electrons. The summed E-state index contributed by atoms with van der Waals surface area (Å²) in [7, 11) is 0. The SMILES string of the molecule is CC1(C)O[C@H](C=O)CN1C(=O)OCc1ccccc1. The molecule has 0 radical (unpaired) electrons. The van der Waals surface area contributed by atoms with Crippen molar-refractivity contribution in [1.29, 1.82) is 0 Å². The summed E-state index contributed by atoms with van der Waals surface area (Å²) in [6.07, 6.45) is -0.357. The van der Waals surface area contributed by atoms with Crippen molar-refractivity contribution in [1.82, 2.24) is 4.90 Å². The third kappa shape index (κ3) is 3.12. The van der Waals surface area contributed by atoms with E-state index in [1.165, 1.54) is 4.90 Å². The molecule has 19 heavy (non-hydrogen) atoms. The maximum Gasteiger partial charge on any atom is 0.412 e. The first-order valence-corrected chi connectivity index (χ1v) is 6.14. The van der Waals surface area contributed by atoms with E-state index in [1.54, 1.807) is 13.8 Å². The Morgan fingerprint density at radius 3 is 2.74 bits per heavy atom. The molecular formula is C14H17NO4. The van der Waals surface area contributed by atoms with E-state index in [1.807, 2.05) is 30.3 Å². The van der Waals surface area contributed by atoms with E-state index >= 15 is 0 Å². The number of hydrogen-bond donors (Lipinski definition) is 0. The molecule has 0 bridgehead atoms. The lowest BCUT2D eigenvalue weighted by Gasteiger charge is -2.28. The average molecular weight is 263 g/mol. The lowest BCUT2D eigenvalue weighted by Crippen LogP contribution is -2.43. The standard InChI is InChI=1S/C14H17NO4/c1-14(2)15(8-12(9-16)19-14)13(17)18-10-11-6-4-3-5-7-11/h3-7,9,12H,8,10H2,1-2H3/t12-/m0/s1. The van der Waals surface area contributed by atoms with E-state index in [-0.39, 0.29) is 13.2 Å². The molecule has 0 aromatic heterocycles. The van der Waals surface area contributed by atoms with Gasteiger partial charge in [-0.05, 0) is 19.4 Å². The molecule has 0 N–H and O–H groups in total. The molecule has 1 atom stereocenters. The molecule has 1 fully saturated rings. The first-order chi connectivity index (χ1) is 9.03. The molecule has 1 amide bonds. The number of hydrogen-bond acceptors (Lipinski definition) is 4. The average Bonchev–Trinajstić information content (AvgIpc) is 2.72. The Kier molecular flexibility index (Phi) is 3.85. The summed E-state index contributed by atoms with van der Waals surface area (Å²) in [5, 5.41) is 0. The summed E-state index contributed by atoms with van der Waals surface area (Å²) >= 11 is 0. The number of carbonyl (C=O) groups is 2. The summed E-state index contributed by atoms with van der Waals surface area (Å²) in [5.74, 6) is 0. The molecule has 0 spiro atoms. The minimum atomic E-state index is -0.820. The molecule has 5 nitrogen and oxygen atoms in total. The second-order valence-corrected chi connectivity index (χ2v) is 4.89. The lowest BCUT2D eigenvalue weighted by molar-refractivity contribution is -0.123. The van der Waals surface area contributed by atoms with Crippen LogP contribution in [0.15, 0.2) is 30.3 Å². The van der Waals surface area contributed by atoms with Crippen molar-refractivity contribution in [2.24, 2.45) is 0 Å². The third-order valence-electron chi connectivity index (χ3n) is 3.03. The maximum atomic E-state index is 12.0. The second-order valence-electron chi connectivity index (χ2n) is 4.89. The van der Waals surface area contributed by atoms with E-state index in [9.17, 15) is 9.59 Å². The van der Waals surface area contributed by atoms with Crippen molar-refractivity contribution in [3.63, 3.8) is 0 Å². The number of rotatable bonds is 3. The van der Waals surface area contributed by atoms with Crippen molar-refractivity contribution in [2.75, 3.05) is 6.54 Å². The minimum Gasteiger partial charge on any atom is -0.444 e. The highest BCUT2D eigenvalue weighted by atomic mass is 16.6. The van der Waals surface area contributed by atoms with Crippen LogP contribution in [0.2, 0.25) is 0 Å². The highest BCUT2D eigenvalue weighted by molar-refractivity contribution is 5.70. The van der Waals surface area contributed by atoms with E-state index in [0.29, 0.717) is 6.29 Å². The predicted molar refractivity (Wildman–Crippen MR) is 68.3 cm³/mol. The Balaban J connectivity index is 1.95. The van der Waals surface area contributed by atoms with Gasteiger partial charge in [-0.15, -0.1) is 0 Å². The van der Waals surface area contributed by atoms with E-state index < -0.39 is 17.9 Å². The molecule has 1 heterocycles. The van der Waals surface area contributed by atoms with Gasteiger partial charge >= 0.3 is 6.09 Å². The van der Waals surface area contributed by atoms with Crippen LogP contribution in [0.3, 0.4) is 0 Å². The van der Waals surface area contributed by atoms with Crippen molar-refractivity contribution < 1.29 is 19.1 Å². The van der Waals surface area contributed by atoms with Crippen molar-refractivity contribution in [3.05, 3.63) is 35.9 Å². The molecule has 0 saturated carbocycles. The first kappa shape index (κ1) is 13.5. The number of amides is 1. The van der Waals surface area contributed by atoms with Gasteiger partial charge in [-0.2, -0.15) is 0 Å². The molecule has 2 rings (SSSR count). The minimum absolute atomic E-state index is 0.206. The lowest BCUT2D eigenvalue weighted by atomic mass is 10.2. The van der Waals surface area contributed by atoms with Gasteiger partial charge in [0.25, 0.3) is 0 Å². The molecule has 1 aliphatic heterocycles. The van der Waals surface area contributed by atoms with E-state index in [0.717, 1.165) is 5.56 Å². The molecule has 0 unspecified atom stereocenters. The van der Waals surface area contributed by atoms with Crippen LogP contribution in [-0.4, -0.2) is 35.7 Å². The van der Waals surface area contributed by atoms with Crippen molar-refractivity contribution in [2.45, 2.75) is 32.3 Å². The monoisotopic (exact) mass is 263 g/mol. The number of benzene rings is 1. The normalized spacial score (nSPS) is 21.2. The van der Waals surface area contributed by atoms with Crippen LogP contribution >= 0.6 is 0 Å². The van der Waals surface area contributed by atoms with E-state index in [4.69, 9.17) is 9.47 Å². The zero-order chi connectivity index (χ0) is 13.9. The highest BCUT2D eigenvalue weighted by Gasteiger charge is 2.43. The Morgan fingerprint density at radius 1 is 1.47 bits per heavy atom. The van der Waals surface area contributed by atoms with Crippen LogP contribution < -0.4 is 0 Å². The van der Waals surface area contributed by atoms with Crippen LogP contribution in [0.4, 0.5) is 4.79 Å². The zero-order valence-corrected chi connectivity index (χ0v) is 11.0. The Morgan fingerprint density at radius 2 is 2.16 bits per heavy atom. The van der Waals surface area contributed by atoms with Crippen LogP contribution in [0.5, 0.6) is 0 Å². The van der Waals surface area contributed by atoms with Gasteiger partial charge in [0.2, 0.25) is 0 Å². The van der Waals surface area contributed by atoms with Gasteiger partial charge in [-0.1, -0.05) is 30.3 Å². The second kappa shape index (κ2) is 5.40. The molecule has 1 aliphatic rings. The fourth-order valence-corrected chi connectivity index (χ4v) is 2.03. The summed E-state index contributed by atoms with van der Waals surface area (Å²) in [5.41, 5.74) is 0.0972. The Bertz CT molecular complexity index is 458. The quantitative estimate of drug-likeness (QED) is 0.782. The number of ether oxygens (including phenoxy) is 2. The topological polar surface area (TPSA) is 55.8 Å². The van der Waals surface area contributed by atoms with Crippen LogP contribution in [-0.2, 0) is 20.9 Å². The maximum absolute atomic E-state index is 12.0. The summed E-state index contributed by atoms with van der Waals surface area (Å²) in [6, 6.07) is 9.43. The van der Waals surface area contributed by atoms with Gasteiger partial charge in [0.1, 0.15) is 18.4 Å². The van der Waals surface area contributed by atoms with E-state index in [2.05, 4.69) is 0 Å². The fourth-order valence-electron chi connectivity index (χ4n) is 2.03. The third-order valence-corrected chi connectivity index (χ3v) is 3.03. The fraction of sp³-hybridized carbons (Fsp3) is 0.429. The largest absolute Gasteiger partial charge is 0.444 e. The van der Waals surface area contributed by atoms with Crippen molar-refractivity contribution >= 4 is 12.4 Å². The summed E-state index contributed by atoms with van der Waals surface area (Å²) in [4.78, 5) is 24.2. The van der Waals surface area contributed by atoms with Gasteiger partial charge in [-0.3, -0.25) is 4.90 Å². The number of carbonyl (C=O) groups excluding carboxylic acids is 2. The van der Waals surface area contributed by atoms with Gasteiger partial charge < -0.3 is 14.3 Å². The van der Waals surface area contributed by atoms with Crippen LogP contribution in [0.1, 0.15) is 19.4 Å². The summed E-state index contributed by atoms with van der Waals surface area (Å²) < 4.78 is 10.7.